The van der Waals surface area contributed by atoms with Crippen LogP contribution in [0.1, 0.15) is 30.5 Å². The molecule has 5 aromatic carbocycles. The summed E-state index contributed by atoms with van der Waals surface area (Å²) in [7, 11) is 0. The van der Waals surface area contributed by atoms with Gasteiger partial charge in [-0.15, -0.1) is 0 Å². The summed E-state index contributed by atoms with van der Waals surface area (Å²) in [6, 6.07) is 34.6. The standard InChI is InChI=1S/C33H22N2O/c1-33(2)28-14-4-5-16-30(28)36-32-27(13-8-15-29(32)33)26-12-7-10-22-9-6-11-25(31(22)26)23-17-21(20-34)18-24(19-23)35-3/h4-19H,1-2H3. The van der Waals surface area contributed by atoms with Crippen LogP contribution < -0.4 is 4.74 Å². The van der Waals surface area contributed by atoms with E-state index in [2.05, 4.69) is 85.4 Å². The van der Waals surface area contributed by atoms with Crippen LogP contribution in [-0.4, -0.2) is 0 Å². The summed E-state index contributed by atoms with van der Waals surface area (Å²) in [5, 5.41) is 11.7. The first-order chi connectivity index (χ1) is 17.5. The van der Waals surface area contributed by atoms with Gasteiger partial charge in [-0.3, -0.25) is 0 Å². The second-order valence-corrected chi connectivity index (χ2v) is 9.61. The van der Waals surface area contributed by atoms with Crippen molar-refractivity contribution in [1.29, 1.82) is 5.26 Å². The highest BCUT2D eigenvalue weighted by atomic mass is 16.5. The second kappa shape index (κ2) is 8.12. The van der Waals surface area contributed by atoms with E-state index in [9.17, 15) is 5.26 Å². The Hall–Kier alpha value is -4.86. The van der Waals surface area contributed by atoms with Crippen LogP contribution in [0.25, 0.3) is 37.9 Å². The Kier molecular flexibility index (Phi) is 4.89. The molecule has 0 aromatic heterocycles. The summed E-state index contributed by atoms with van der Waals surface area (Å²) in [5.74, 6) is 1.75. The van der Waals surface area contributed by atoms with Crippen molar-refractivity contribution in [3.63, 3.8) is 0 Å². The predicted octanol–water partition coefficient (Wildman–Crippen LogP) is 9.03. The third kappa shape index (κ3) is 3.26. The molecule has 0 N–H and O–H groups in total. The first-order valence-corrected chi connectivity index (χ1v) is 11.9. The molecule has 0 bridgehead atoms. The molecule has 0 atom stereocenters. The van der Waals surface area contributed by atoms with Gasteiger partial charge in [0.05, 0.1) is 12.6 Å². The van der Waals surface area contributed by atoms with Gasteiger partial charge in [0.1, 0.15) is 11.5 Å². The lowest BCUT2D eigenvalue weighted by atomic mass is 9.74. The van der Waals surface area contributed by atoms with Crippen LogP contribution in [0, 0.1) is 17.9 Å². The molecule has 0 unspecified atom stereocenters. The molecular weight excluding hydrogens is 440 g/mol. The van der Waals surface area contributed by atoms with E-state index < -0.39 is 0 Å². The zero-order valence-electron chi connectivity index (χ0n) is 20.0. The van der Waals surface area contributed by atoms with Crippen molar-refractivity contribution >= 4 is 16.5 Å². The highest BCUT2D eigenvalue weighted by molar-refractivity contribution is 6.07. The lowest BCUT2D eigenvalue weighted by Gasteiger charge is -2.35. The number of para-hydroxylation sites is 2. The molecule has 6 rings (SSSR count). The van der Waals surface area contributed by atoms with Crippen molar-refractivity contribution in [2.75, 3.05) is 0 Å². The zero-order valence-corrected chi connectivity index (χ0v) is 20.0. The fourth-order valence-corrected chi connectivity index (χ4v) is 5.38. The van der Waals surface area contributed by atoms with Crippen LogP contribution in [0.2, 0.25) is 0 Å². The number of ether oxygens (including phenoxy) is 1. The Balaban J connectivity index is 1.65. The molecule has 1 aliphatic heterocycles. The number of nitrogens with zero attached hydrogens (tertiary/aromatic N) is 2. The van der Waals surface area contributed by atoms with Gasteiger partial charge in [-0.2, -0.15) is 5.26 Å². The molecule has 0 amide bonds. The molecule has 0 saturated carbocycles. The molecule has 1 aliphatic rings. The topological polar surface area (TPSA) is 37.4 Å². The van der Waals surface area contributed by atoms with Crippen LogP contribution in [-0.2, 0) is 5.41 Å². The van der Waals surface area contributed by atoms with Crippen molar-refractivity contribution < 1.29 is 4.74 Å². The minimum atomic E-state index is -0.209. The summed E-state index contributed by atoms with van der Waals surface area (Å²) >= 11 is 0. The third-order valence-electron chi connectivity index (χ3n) is 7.14. The zero-order chi connectivity index (χ0) is 24.9. The molecule has 3 heteroatoms. The van der Waals surface area contributed by atoms with Gasteiger partial charge in [0.15, 0.2) is 5.69 Å². The van der Waals surface area contributed by atoms with E-state index in [0.717, 1.165) is 50.1 Å². The minimum Gasteiger partial charge on any atom is -0.456 e. The van der Waals surface area contributed by atoms with Gasteiger partial charge in [0.25, 0.3) is 0 Å². The van der Waals surface area contributed by atoms with Gasteiger partial charge in [0.2, 0.25) is 0 Å². The van der Waals surface area contributed by atoms with Crippen LogP contribution >= 0.6 is 0 Å². The van der Waals surface area contributed by atoms with Crippen molar-refractivity contribution in [3.05, 3.63) is 125 Å². The predicted molar refractivity (Wildman–Crippen MR) is 144 cm³/mol. The largest absolute Gasteiger partial charge is 0.456 e. The monoisotopic (exact) mass is 462 g/mol. The van der Waals surface area contributed by atoms with Crippen molar-refractivity contribution in [2.45, 2.75) is 19.3 Å². The van der Waals surface area contributed by atoms with Gasteiger partial charge in [-0.1, -0.05) is 86.6 Å². The summed E-state index contributed by atoms with van der Waals surface area (Å²) in [6.45, 7) is 12.0. The van der Waals surface area contributed by atoms with Crippen LogP contribution in [0.15, 0.2) is 97.1 Å². The smallest absolute Gasteiger partial charge is 0.189 e. The van der Waals surface area contributed by atoms with Crippen LogP contribution in [0.5, 0.6) is 11.5 Å². The highest BCUT2D eigenvalue weighted by Crippen LogP contribution is 2.52. The highest BCUT2D eigenvalue weighted by Gasteiger charge is 2.35. The first kappa shape index (κ1) is 21.7. The van der Waals surface area contributed by atoms with E-state index in [1.807, 2.05) is 30.3 Å². The Morgan fingerprint density at radius 1 is 0.778 bits per heavy atom. The Bertz CT molecular complexity index is 1730. The summed E-state index contributed by atoms with van der Waals surface area (Å²) in [4.78, 5) is 3.60. The molecule has 0 saturated heterocycles. The molecule has 5 aromatic rings. The fourth-order valence-electron chi connectivity index (χ4n) is 5.38. The Labute approximate surface area is 210 Å². The maximum absolute atomic E-state index is 9.57. The average molecular weight is 463 g/mol. The SMILES string of the molecule is [C-]#[N+]c1cc(C#N)cc(-c2cccc3cccc(-c4cccc5c4Oc4ccccc4C5(C)C)c23)c1. The molecule has 0 fully saturated rings. The third-order valence-corrected chi connectivity index (χ3v) is 7.14. The maximum atomic E-state index is 9.57. The Morgan fingerprint density at radius 2 is 1.47 bits per heavy atom. The second-order valence-electron chi connectivity index (χ2n) is 9.61. The van der Waals surface area contributed by atoms with Crippen molar-refractivity contribution in [3.8, 4) is 39.8 Å². The number of rotatable bonds is 2. The number of nitriles is 1. The lowest BCUT2D eigenvalue weighted by molar-refractivity contribution is 0.419. The number of fused-ring (bicyclic) bond motifs is 3. The van der Waals surface area contributed by atoms with E-state index in [0.29, 0.717) is 11.3 Å². The van der Waals surface area contributed by atoms with E-state index in [1.54, 1.807) is 6.07 Å². The molecule has 0 spiro atoms. The molecule has 0 aliphatic carbocycles. The molecule has 0 radical (unpaired) electrons. The van der Waals surface area contributed by atoms with Gasteiger partial charge in [-0.05, 0) is 51.7 Å². The summed E-state index contributed by atoms with van der Waals surface area (Å²) in [6.07, 6.45) is 0. The normalized spacial score (nSPS) is 13.1. The number of hydrogen-bond acceptors (Lipinski definition) is 2. The van der Waals surface area contributed by atoms with Crippen LogP contribution in [0.4, 0.5) is 5.69 Å². The summed E-state index contributed by atoms with van der Waals surface area (Å²) in [5.41, 5.74) is 6.97. The molecular formula is C33H22N2O. The quantitative estimate of drug-likeness (QED) is 0.245. The lowest BCUT2D eigenvalue weighted by Crippen LogP contribution is -2.24. The van der Waals surface area contributed by atoms with E-state index in [-0.39, 0.29) is 5.41 Å². The maximum Gasteiger partial charge on any atom is 0.189 e. The van der Waals surface area contributed by atoms with Crippen molar-refractivity contribution in [2.24, 2.45) is 0 Å². The minimum absolute atomic E-state index is 0.209. The molecule has 3 nitrogen and oxygen atoms in total. The van der Waals surface area contributed by atoms with E-state index >= 15 is 0 Å². The Morgan fingerprint density at radius 3 is 2.25 bits per heavy atom. The average Bonchev–Trinajstić information content (AvgIpc) is 2.92. The molecule has 1 heterocycles. The first-order valence-electron chi connectivity index (χ1n) is 11.9. The number of benzene rings is 5. The molecule has 170 valence electrons. The van der Waals surface area contributed by atoms with Crippen molar-refractivity contribution in [1.82, 2.24) is 0 Å². The summed E-state index contributed by atoms with van der Waals surface area (Å²) < 4.78 is 6.58. The van der Waals surface area contributed by atoms with E-state index in [4.69, 9.17) is 11.3 Å². The molecule has 36 heavy (non-hydrogen) atoms. The van der Waals surface area contributed by atoms with Gasteiger partial charge >= 0.3 is 0 Å². The van der Waals surface area contributed by atoms with Gasteiger partial charge < -0.3 is 4.74 Å². The van der Waals surface area contributed by atoms with E-state index in [1.165, 1.54) is 5.56 Å². The fraction of sp³-hybridized carbons (Fsp3) is 0.0909. The van der Waals surface area contributed by atoms with Gasteiger partial charge in [-0.25, -0.2) is 4.85 Å². The van der Waals surface area contributed by atoms with Crippen LogP contribution in [0.3, 0.4) is 0 Å². The van der Waals surface area contributed by atoms with Gasteiger partial charge in [0, 0.05) is 27.7 Å². The number of hydrogen-bond donors (Lipinski definition) is 0.